The maximum atomic E-state index is 4.06. The molecule has 0 unspecified atom stereocenters. The second-order valence-corrected chi connectivity index (χ2v) is 4.37. The SMILES string of the molecule is C=c1ccn(CC2CCC2)/c1=C/C=C\C. The minimum absolute atomic E-state index is 0.898. The van der Waals surface area contributed by atoms with E-state index in [1.807, 2.05) is 6.92 Å². The Morgan fingerprint density at radius 1 is 1.53 bits per heavy atom. The van der Waals surface area contributed by atoms with E-state index in [4.69, 9.17) is 0 Å². The lowest BCUT2D eigenvalue weighted by atomic mass is 9.85. The number of nitrogens with zero attached hydrogens (tertiary/aromatic N) is 1. The van der Waals surface area contributed by atoms with Crippen molar-refractivity contribution in [3.8, 4) is 0 Å². The third-order valence-electron chi connectivity index (χ3n) is 3.22. The summed E-state index contributed by atoms with van der Waals surface area (Å²) in [4.78, 5) is 0. The molecule has 0 atom stereocenters. The first-order chi connectivity index (χ1) is 7.31. The van der Waals surface area contributed by atoms with Crippen molar-refractivity contribution in [2.75, 3.05) is 0 Å². The quantitative estimate of drug-likeness (QED) is 0.705. The predicted octanol–water partition coefficient (Wildman–Crippen LogP) is 2.06. The van der Waals surface area contributed by atoms with Crippen LogP contribution >= 0.6 is 0 Å². The van der Waals surface area contributed by atoms with Crippen molar-refractivity contribution in [3.63, 3.8) is 0 Å². The molecular formula is C14H19N. The Bertz CT molecular complexity index is 446. The van der Waals surface area contributed by atoms with Gasteiger partial charge < -0.3 is 4.57 Å². The molecule has 0 aromatic carbocycles. The molecule has 0 amide bonds. The molecule has 0 aliphatic heterocycles. The summed E-state index contributed by atoms with van der Waals surface area (Å²) in [6.07, 6.45) is 12.7. The van der Waals surface area contributed by atoms with Crippen LogP contribution in [-0.4, -0.2) is 4.57 Å². The van der Waals surface area contributed by atoms with Crippen molar-refractivity contribution in [1.29, 1.82) is 0 Å². The fraction of sp³-hybridized carbons (Fsp3) is 0.429. The van der Waals surface area contributed by atoms with Crippen molar-refractivity contribution in [2.24, 2.45) is 5.92 Å². The molecule has 0 bridgehead atoms. The zero-order valence-electron chi connectivity index (χ0n) is 9.45. The summed E-state index contributed by atoms with van der Waals surface area (Å²) < 4.78 is 2.34. The van der Waals surface area contributed by atoms with E-state index in [0.29, 0.717) is 0 Å². The standard InChI is InChI=1S/C14H19N/c1-3-4-8-14-12(2)9-10-15(14)11-13-6-5-7-13/h3-4,8-10,13H,2,5-7,11H2,1H3/b4-3-,14-8+. The van der Waals surface area contributed by atoms with Crippen LogP contribution in [0.4, 0.5) is 0 Å². The highest BCUT2D eigenvalue weighted by atomic mass is 15.0. The monoisotopic (exact) mass is 201 g/mol. The molecule has 1 nitrogen and oxygen atoms in total. The topological polar surface area (TPSA) is 4.93 Å². The van der Waals surface area contributed by atoms with Gasteiger partial charge in [-0.3, -0.25) is 0 Å². The van der Waals surface area contributed by atoms with Crippen molar-refractivity contribution in [3.05, 3.63) is 35.0 Å². The summed E-state index contributed by atoms with van der Waals surface area (Å²) in [5, 5.41) is 2.40. The van der Waals surface area contributed by atoms with E-state index in [-0.39, 0.29) is 0 Å². The third kappa shape index (κ3) is 2.23. The summed E-state index contributed by atoms with van der Waals surface area (Å²) in [7, 11) is 0. The highest BCUT2D eigenvalue weighted by molar-refractivity contribution is 5.35. The molecule has 1 aliphatic rings. The molecule has 0 radical (unpaired) electrons. The van der Waals surface area contributed by atoms with Crippen molar-refractivity contribution >= 4 is 12.7 Å². The Hall–Kier alpha value is -1.24. The average Bonchev–Trinajstić information content (AvgIpc) is 2.50. The van der Waals surface area contributed by atoms with E-state index < -0.39 is 0 Å². The number of aromatic nitrogens is 1. The van der Waals surface area contributed by atoms with Crippen LogP contribution in [-0.2, 0) is 6.54 Å². The molecule has 1 aromatic heterocycles. The zero-order valence-corrected chi connectivity index (χ0v) is 9.45. The molecule has 1 fully saturated rings. The van der Waals surface area contributed by atoms with Crippen LogP contribution in [0.3, 0.4) is 0 Å². The molecule has 0 spiro atoms. The molecule has 0 saturated heterocycles. The Balaban J connectivity index is 2.26. The molecule has 2 rings (SSSR count). The summed E-state index contributed by atoms with van der Waals surface area (Å²) in [5.41, 5.74) is 0. The summed E-state index contributed by atoms with van der Waals surface area (Å²) in [6.45, 7) is 7.26. The minimum atomic E-state index is 0.898. The van der Waals surface area contributed by atoms with Crippen molar-refractivity contribution < 1.29 is 0 Å². The van der Waals surface area contributed by atoms with Gasteiger partial charge in [-0.1, -0.05) is 25.2 Å². The van der Waals surface area contributed by atoms with Crippen LogP contribution in [0.2, 0.25) is 0 Å². The van der Waals surface area contributed by atoms with Gasteiger partial charge in [0.15, 0.2) is 0 Å². The van der Waals surface area contributed by atoms with E-state index in [1.165, 1.54) is 31.2 Å². The first-order valence-electron chi connectivity index (χ1n) is 5.78. The van der Waals surface area contributed by atoms with Gasteiger partial charge in [0.25, 0.3) is 0 Å². The summed E-state index contributed by atoms with van der Waals surface area (Å²) >= 11 is 0. The Kier molecular flexibility index (Phi) is 3.10. The van der Waals surface area contributed by atoms with Gasteiger partial charge in [-0.2, -0.15) is 0 Å². The first-order valence-corrected chi connectivity index (χ1v) is 5.78. The van der Waals surface area contributed by atoms with Gasteiger partial charge in [-0.15, -0.1) is 0 Å². The minimum Gasteiger partial charge on any atom is -0.347 e. The largest absolute Gasteiger partial charge is 0.347 e. The first kappa shape index (κ1) is 10.3. The average molecular weight is 201 g/mol. The van der Waals surface area contributed by atoms with Gasteiger partial charge in [0.1, 0.15) is 0 Å². The molecule has 1 heteroatoms. The van der Waals surface area contributed by atoms with Gasteiger partial charge in [-0.25, -0.2) is 0 Å². The highest BCUT2D eigenvalue weighted by Crippen LogP contribution is 2.27. The van der Waals surface area contributed by atoms with Crippen LogP contribution in [0.15, 0.2) is 24.4 Å². The molecule has 1 saturated carbocycles. The molecule has 1 heterocycles. The lowest BCUT2D eigenvalue weighted by molar-refractivity contribution is 0.275. The number of hydrogen-bond acceptors (Lipinski definition) is 0. The summed E-state index contributed by atoms with van der Waals surface area (Å²) in [5.74, 6) is 0.898. The normalized spacial score (nSPS) is 18.6. The lowest BCUT2D eigenvalue weighted by Gasteiger charge is -2.25. The van der Waals surface area contributed by atoms with Gasteiger partial charge in [-0.05, 0) is 43.0 Å². The van der Waals surface area contributed by atoms with Gasteiger partial charge >= 0.3 is 0 Å². The second-order valence-electron chi connectivity index (χ2n) is 4.37. The third-order valence-corrected chi connectivity index (χ3v) is 3.22. The number of allylic oxidation sites excluding steroid dienone is 2. The van der Waals surface area contributed by atoms with E-state index >= 15 is 0 Å². The molecular weight excluding hydrogens is 182 g/mol. The fourth-order valence-corrected chi connectivity index (χ4v) is 2.03. The van der Waals surface area contributed by atoms with Gasteiger partial charge in [0, 0.05) is 18.1 Å². The fourth-order valence-electron chi connectivity index (χ4n) is 2.03. The maximum absolute atomic E-state index is 4.06. The van der Waals surface area contributed by atoms with Crippen molar-refractivity contribution in [2.45, 2.75) is 32.7 Å². The smallest absolute Gasteiger partial charge is 0.0474 e. The highest BCUT2D eigenvalue weighted by Gasteiger charge is 2.17. The van der Waals surface area contributed by atoms with Crippen LogP contribution < -0.4 is 10.6 Å². The van der Waals surface area contributed by atoms with Crippen LogP contribution in [0.25, 0.3) is 12.7 Å². The Morgan fingerprint density at radius 2 is 2.33 bits per heavy atom. The van der Waals surface area contributed by atoms with E-state index in [1.54, 1.807) is 0 Å². The van der Waals surface area contributed by atoms with E-state index in [0.717, 1.165) is 11.1 Å². The number of hydrogen-bond donors (Lipinski definition) is 0. The van der Waals surface area contributed by atoms with Crippen LogP contribution in [0.5, 0.6) is 0 Å². The zero-order chi connectivity index (χ0) is 10.7. The van der Waals surface area contributed by atoms with E-state index in [2.05, 4.69) is 41.6 Å². The lowest BCUT2D eigenvalue weighted by Crippen LogP contribution is -2.31. The second kappa shape index (κ2) is 4.52. The molecule has 1 aliphatic carbocycles. The summed E-state index contributed by atoms with van der Waals surface area (Å²) in [6, 6.07) is 2.11. The molecule has 1 aromatic rings. The van der Waals surface area contributed by atoms with Crippen LogP contribution in [0.1, 0.15) is 26.2 Å². The molecule has 80 valence electrons. The maximum Gasteiger partial charge on any atom is 0.0474 e. The Morgan fingerprint density at radius 3 is 2.93 bits per heavy atom. The molecule has 15 heavy (non-hydrogen) atoms. The Labute approximate surface area is 91.4 Å². The van der Waals surface area contributed by atoms with Crippen LogP contribution in [0, 0.1) is 5.92 Å². The van der Waals surface area contributed by atoms with E-state index in [9.17, 15) is 0 Å². The van der Waals surface area contributed by atoms with Crippen molar-refractivity contribution in [1.82, 2.24) is 4.57 Å². The molecule has 0 N–H and O–H groups in total. The predicted molar refractivity (Wildman–Crippen MR) is 65.8 cm³/mol. The van der Waals surface area contributed by atoms with Gasteiger partial charge in [0.05, 0.1) is 0 Å². The number of rotatable bonds is 3. The van der Waals surface area contributed by atoms with Gasteiger partial charge in [0.2, 0.25) is 0 Å².